The van der Waals surface area contributed by atoms with Crippen molar-refractivity contribution in [2.45, 2.75) is 0 Å². The van der Waals surface area contributed by atoms with Gasteiger partial charge in [-0.05, 0) is 4.53 Å². The summed E-state index contributed by atoms with van der Waals surface area (Å²) in [5.74, 6) is 0. The summed E-state index contributed by atoms with van der Waals surface area (Å²) in [4.78, 5) is 0. The van der Waals surface area contributed by atoms with Gasteiger partial charge in [0.15, 0.2) is 0 Å². The lowest BCUT2D eigenvalue weighted by molar-refractivity contribution is 0.00369. The first-order valence-electron chi connectivity index (χ1n) is 2.79. The molecule has 0 saturated heterocycles. The highest BCUT2D eigenvalue weighted by Gasteiger charge is 2.24. The van der Waals surface area contributed by atoms with Gasteiger partial charge >= 0.3 is 10.1 Å². The van der Waals surface area contributed by atoms with Gasteiger partial charge in [0.2, 0.25) is 5.08 Å². The Bertz CT molecular complexity index is 331. The fourth-order valence-corrected chi connectivity index (χ4v) is 2.54. The maximum Gasteiger partial charge on any atom is 0.314 e. The monoisotopic (exact) mass is 240 g/mol. The fourth-order valence-electron chi connectivity index (χ4n) is 0.387. The SMILES string of the molecule is O=S(=O)(CS(=O)(=O)OCCF)OF. The molecule has 0 aliphatic carbocycles. The molecule has 0 unspecified atom stereocenters. The van der Waals surface area contributed by atoms with E-state index < -0.39 is 38.6 Å². The summed E-state index contributed by atoms with van der Waals surface area (Å²) >= 11 is 0. The van der Waals surface area contributed by atoms with Crippen molar-refractivity contribution in [1.29, 1.82) is 0 Å². The summed E-state index contributed by atoms with van der Waals surface area (Å²) in [5.41, 5.74) is 0. The second-order valence-corrected chi connectivity index (χ2v) is 5.34. The zero-order valence-corrected chi connectivity index (χ0v) is 7.78. The standard InChI is InChI=1S/C3H6F2O6S2/c4-1-2-10-12(6,7)3-13(8,9)11-5/h1-3H2. The van der Waals surface area contributed by atoms with Crippen molar-refractivity contribution in [3.63, 3.8) is 0 Å². The van der Waals surface area contributed by atoms with Crippen LogP contribution in [0, 0.1) is 0 Å². The molecule has 0 bridgehead atoms. The Morgan fingerprint density at radius 1 is 1.08 bits per heavy atom. The van der Waals surface area contributed by atoms with Crippen molar-refractivity contribution in [2.24, 2.45) is 0 Å². The lowest BCUT2D eigenvalue weighted by Gasteiger charge is -2.00. The highest BCUT2D eigenvalue weighted by atomic mass is 32.3. The van der Waals surface area contributed by atoms with E-state index in [1.165, 1.54) is 0 Å². The Labute approximate surface area is 73.6 Å². The maximum atomic E-state index is 11.4. The van der Waals surface area contributed by atoms with Gasteiger partial charge in [0.1, 0.15) is 6.67 Å². The minimum Gasteiger partial charge on any atom is -0.266 e. The Hall–Kier alpha value is -0.320. The van der Waals surface area contributed by atoms with Crippen LogP contribution in [0.2, 0.25) is 0 Å². The normalized spacial score (nSPS) is 13.1. The third-order valence-corrected chi connectivity index (χ3v) is 3.75. The van der Waals surface area contributed by atoms with Crippen LogP contribution < -0.4 is 0 Å². The van der Waals surface area contributed by atoms with Crippen molar-refractivity contribution >= 4 is 20.2 Å². The Kier molecular flexibility index (Phi) is 4.67. The second-order valence-electron chi connectivity index (χ2n) is 1.81. The molecule has 0 aliphatic rings. The molecule has 0 fully saturated rings. The van der Waals surface area contributed by atoms with Gasteiger partial charge in [0.05, 0.1) is 6.61 Å². The molecule has 0 amide bonds. The minimum absolute atomic E-state index is 0.815. The molecule has 0 radical (unpaired) electrons. The molecule has 0 saturated carbocycles. The first kappa shape index (κ1) is 12.7. The highest BCUT2D eigenvalue weighted by Crippen LogP contribution is 2.02. The number of halogens is 2. The van der Waals surface area contributed by atoms with Crippen LogP contribution in [0.25, 0.3) is 0 Å². The van der Waals surface area contributed by atoms with E-state index >= 15 is 0 Å². The highest BCUT2D eigenvalue weighted by molar-refractivity contribution is 8.03. The predicted molar refractivity (Wildman–Crippen MR) is 36.8 cm³/mol. The lowest BCUT2D eigenvalue weighted by atomic mass is 10.9. The van der Waals surface area contributed by atoms with E-state index in [1.807, 2.05) is 0 Å². The molecule has 0 atom stereocenters. The molecular formula is C3H6F2O6S2. The van der Waals surface area contributed by atoms with Gasteiger partial charge in [-0.25, -0.2) is 4.39 Å². The van der Waals surface area contributed by atoms with E-state index in [0.717, 1.165) is 0 Å². The van der Waals surface area contributed by atoms with Gasteiger partial charge in [-0.2, -0.15) is 16.8 Å². The third-order valence-electron chi connectivity index (χ3n) is 0.725. The van der Waals surface area contributed by atoms with Crippen LogP contribution in [-0.2, 0) is 28.8 Å². The number of hydrogen-bond donors (Lipinski definition) is 0. The summed E-state index contributed by atoms with van der Waals surface area (Å²) in [6.45, 7) is -1.92. The molecule has 0 aromatic carbocycles. The number of hydrogen-bond acceptors (Lipinski definition) is 6. The predicted octanol–water partition coefficient (Wildman–Crippen LogP) is -0.509. The van der Waals surface area contributed by atoms with Crippen LogP contribution >= 0.6 is 0 Å². The van der Waals surface area contributed by atoms with Crippen molar-refractivity contribution in [1.82, 2.24) is 0 Å². The largest absolute Gasteiger partial charge is 0.314 e. The van der Waals surface area contributed by atoms with Crippen molar-refractivity contribution < 1.29 is 34.3 Å². The molecule has 80 valence electrons. The van der Waals surface area contributed by atoms with Gasteiger partial charge in [0.25, 0.3) is 10.1 Å². The zero-order chi connectivity index (χ0) is 10.5. The summed E-state index contributed by atoms with van der Waals surface area (Å²) < 4.78 is 70.3. The molecule has 0 heterocycles. The van der Waals surface area contributed by atoms with E-state index in [4.69, 9.17) is 0 Å². The second kappa shape index (κ2) is 4.79. The van der Waals surface area contributed by atoms with Crippen LogP contribution in [0.3, 0.4) is 0 Å². The van der Waals surface area contributed by atoms with Gasteiger partial charge < -0.3 is 0 Å². The van der Waals surface area contributed by atoms with Gasteiger partial charge in [-0.15, -0.1) is 0 Å². The summed E-state index contributed by atoms with van der Waals surface area (Å²) in [6.07, 6.45) is 0. The molecule has 13 heavy (non-hydrogen) atoms. The van der Waals surface area contributed by atoms with Crippen molar-refractivity contribution in [3.8, 4) is 0 Å². The van der Waals surface area contributed by atoms with E-state index in [1.54, 1.807) is 0 Å². The Morgan fingerprint density at radius 3 is 2.00 bits per heavy atom. The van der Waals surface area contributed by atoms with Gasteiger partial charge in [-0.1, -0.05) is 4.39 Å². The Balaban J connectivity index is 4.36. The lowest BCUT2D eigenvalue weighted by Crippen LogP contribution is -2.19. The first-order chi connectivity index (χ1) is 5.83. The quantitative estimate of drug-likeness (QED) is 0.581. The average molecular weight is 240 g/mol. The molecule has 0 aromatic heterocycles. The number of alkyl halides is 1. The molecule has 6 nitrogen and oxygen atoms in total. The smallest absolute Gasteiger partial charge is 0.266 e. The number of rotatable bonds is 6. The topological polar surface area (TPSA) is 86.7 Å². The minimum atomic E-state index is -4.81. The van der Waals surface area contributed by atoms with Crippen LogP contribution in [0.5, 0.6) is 0 Å². The first-order valence-corrected chi connectivity index (χ1v) is 5.94. The van der Waals surface area contributed by atoms with E-state index in [-0.39, 0.29) is 0 Å². The molecular weight excluding hydrogens is 234 g/mol. The summed E-state index contributed by atoms with van der Waals surface area (Å²) in [6, 6.07) is 0. The average Bonchev–Trinajstić information content (AvgIpc) is 1.99. The Morgan fingerprint density at radius 2 is 1.62 bits per heavy atom. The van der Waals surface area contributed by atoms with Crippen molar-refractivity contribution in [3.05, 3.63) is 0 Å². The van der Waals surface area contributed by atoms with Crippen LogP contribution in [0.15, 0.2) is 0 Å². The van der Waals surface area contributed by atoms with Gasteiger partial charge in [-0.3, -0.25) is 4.18 Å². The van der Waals surface area contributed by atoms with Crippen LogP contribution in [-0.4, -0.2) is 35.2 Å². The maximum absolute atomic E-state index is 11.4. The van der Waals surface area contributed by atoms with Crippen LogP contribution in [0.4, 0.5) is 8.92 Å². The molecule has 0 aromatic rings. The van der Waals surface area contributed by atoms with Crippen molar-refractivity contribution in [2.75, 3.05) is 18.4 Å². The molecule has 0 N–H and O–H groups in total. The van der Waals surface area contributed by atoms with Crippen LogP contribution in [0.1, 0.15) is 0 Å². The molecule has 0 rings (SSSR count). The molecule has 10 heteroatoms. The summed E-state index contributed by atoms with van der Waals surface area (Å²) in [5, 5.41) is -1.68. The van der Waals surface area contributed by atoms with Gasteiger partial charge in [0, 0.05) is 0 Å². The van der Waals surface area contributed by atoms with E-state index in [2.05, 4.69) is 8.57 Å². The summed E-state index contributed by atoms with van der Waals surface area (Å²) in [7, 11) is -9.32. The third kappa shape index (κ3) is 5.85. The zero-order valence-electron chi connectivity index (χ0n) is 6.14. The molecule has 0 aliphatic heterocycles. The van der Waals surface area contributed by atoms with E-state index in [9.17, 15) is 25.8 Å². The van der Waals surface area contributed by atoms with E-state index in [0.29, 0.717) is 0 Å². The molecule has 0 spiro atoms. The fraction of sp³-hybridized carbons (Fsp3) is 1.00.